The Bertz CT molecular complexity index is 594. The third-order valence-corrected chi connectivity index (χ3v) is 3.02. The average Bonchev–Trinajstić information content (AvgIpc) is 2.45. The van der Waals surface area contributed by atoms with Crippen LogP contribution in [0, 0.1) is 0 Å². The summed E-state index contributed by atoms with van der Waals surface area (Å²) >= 11 is 0. The van der Waals surface area contributed by atoms with Crippen molar-refractivity contribution in [1.82, 2.24) is 4.98 Å². The molecule has 112 valence electrons. The quantitative estimate of drug-likeness (QED) is 0.808. The number of pyridine rings is 1. The molecule has 2 nitrogen and oxygen atoms in total. The highest BCUT2D eigenvalue weighted by molar-refractivity contribution is 5.36. The molecule has 0 N–H and O–H groups in total. The van der Waals surface area contributed by atoms with Crippen LogP contribution in [0.4, 0.5) is 13.2 Å². The van der Waals surface area contributed by atoms with Gasteiger partial charge >= 0.3 is 6.18 Å². The Kier molecular flexibility index (Phi) is 4.50. The van der Waals surface area contributed by atoms with Crippen molar-refractivity contribution in [3.05, 3.63) is 59.4 Å². The normalized spacial score (nSPS) is 11.7. The number of benzene rings is 1. The monoisotopic (exact) mass is 295 g/mol. The van der Waals surface area contributed by atoms with E-state index in [1.54, 1.807) is 26.0 Å². The van der Waals surface area contributed by atoms with Crippen molar-refractivity contribution in [3.8, 4) is 5.75 Å². The van der Waals surface area contributed by atoms with Gasteiger partial charge in [-0.1, -0.05) is 44.2 Å². The molecule has 2 rings (SSSR count). The fourth-order valence-corrected chi connectivity index (χ4v) is 1.85. The third kappa shape index (κ3) is 3.97. The first-order valence-corrected chi connectivity index (χ1v) is 6.62. The average molecular weight is 295 g/mol. The fourth-order valence-electron chi connectivity index (χ4n) is 1.85. The van der Waals surface area contributed by atoms with Crippen LogP contribution < -0.4 is 4.74 Å². The predicted octanol–water partition coefficient (Wildman–Crippen LogP) is 4.80. The minimum atomic E-state index is -4.46. The number of alkyl halides is 3. The molecule has 0 saturated carbocycles. The van der Waals surface area contributed by atoms with E-state index in [9.17, 15) is 13.2 Å². The largest absolute Gasteiger partial charge is 0.487 e. The van der Waals surface area contributed by atoms with Crippen LogP contribution in [0.3, 0.4) is 0 Å². The molecule has 5 heteroatoms. The number of hydrogen-bond donors (Lipinski definition) is 0. The van der Waals surface area contributed by atoms with Crippen LogP contribution in [0.5, 0.6) is 5.75 Å². The highest BCUT2D eigenvalue weighted by atomic mass is 19.4. The Morgan fingerprint density at radius 1 is 1.14 bits per heavy atom. The van der Waals surface area contributed by atoms with E-state index in [0.29, 0.717) is 5.69 Å². The summed E-state index contributed by atoms with van der Waals surface area (Å²) < 4.78 is 44.6. The van der Waals surface area contributed by atoms with Gasteiger partial charge in [0.2, 0.25) is 0 Å². The molecule has 0 fully saturated rings. The highest BCUT2D eigenvalue weighted by Gasteiger charge is 2.35. The first-order valence-electron chi connectivity index (χ1n) is 6.62. The summed E-state index contributed by atoms with van der Waals surface area (Å²) in [6.45, 7) is 3.67. The molecule has 1 heterocycles. The lowest BCUT2D eigenvalue weighted by Crippen LogP contribution is -2.11. The number of ether oxygens (including phenoxy) is 1. The van der Waals surface area contributed by atoms with E-state index in [1.165, 1.54) is 0 Å². The summed E-state index contributed by atoms with van der Waals surface area (Å²) in [5.74, 6) is -0.315. The molecule has 0 aliphatic carbocycles. The summed E-state index contributed by atoms with van der Waals surface area (Å²) in [6, 6.07) is 10.1. The zero-order chi connectivity index (χ0) is 15.5. The third-order valence-electron chi connectivity index (χ3n) is 3.02. The van der Waals surface area contributed by atoms with Crippen molar-refractivity contribution in [1.29, 1.82) is 0 Å². The number of halogens is 3. The second-order valence-electron chi connectivity index (χ2n) is 5.03. The Balaban J connectivity index is 2.26. The van der Waals surface area contributed by atoms with Gasteiger partial charge < -0.3 is 4.74 Å². The van der Waals surface area contributed by atoms with E-state index in [0.717, 1.165) is 17.8 Å². The molecular weight excluding hydrogens is 279 g/mol. The molecule has 0 saturated heterocycles. The first-order chi connectivity index (χ1) is 9.88. The minimum absolute atomic E-state index is 0.0747. The van der Waals surface area contributed by atoms with Crippen LogP contribution in [0.2, 0.25) is 0 Å². The topological polar surface area (TPSA) is 22.1 Å². The molecule has 0 aliphatic heterocycles. The molecular formula is C16H16F3NO. The van der Waals surface area contributed by atoms with Crippen molar-refractivity contribution in [3.63, 3.8) is 0 Å². The van der Waals surface area contributed by atoms with Gasteiger partial charge in [-0.15, -0.1) is 0 Å². The van der Waals surface area contributed by atoms with E-state index in [2.05, 4.69) is 4.98 Å². The summed E-state index contributed by atoms with van der Waals surface area (Å²) in [4.78, 5) is 4.04. The summed E-state index contributed by atoms with van der Waals surface area (Å²) in [5, 5.41) is 0. The van der Waals surface area contributed by atoms with Crippen LogP contribution in [0.15, 0.2) is 42.6 Å². The second-order valence-corrected chi connectivity index (χ2v) is 5.03. The maximum Gasteiger partial charge on any atom is 0.420 e. The van der Waals surface area contributed by atoms with Gasteiger partial charge in [-0.05, 0) is 17.5 Å². The predicted molar refractivity (Wildman–Crippen MR) is 74.1 cm³/mol. The fraction of sp³-hybridized carbons (Fsp3) is 0.312. The van der Waals surface area contributed by atoms with E-state index < -0.39 is 11.7 Å². The molecule has 0 unspecified atom stereocenters. The number of aromatic nitrogens is 1. The van der Waals surface area contributed by atoms with Crippen molar-refractivity contribution in [2.45, 2.75) is 32.5 Å². The number of nitrogens with zero attached hydrogens (tertiary/aromatic N) is 1. The van der Waals surface area contributed by atoms with Crippen LogP contribution in [0.25, 0.3) is 0 Å². The molecule has 2 aromatic rings. The van der Waals surface area contributed by atoms with E-state index in [-0.39, 0.29) is 18.3 Å². The Morgan fingerprint density at radius 3 is 2.38 bits per heavy atom. The Labute approximate surface area is 121 Å². The Morgan fingerprint density at radius 2 is 1.81 bits per heavy atom. The van der Waals surface area contributed by atoms with E-state index >= 15 is 0 Å². The molecule has 0 bridgehead atoms. The van der Waals surface area contributed by atoms with Crippen molar-refractivity contribution < 1.29 is 17.9 Å². The molecule has 0 atom stereocenters. The summed E-state index contributed by atoms with van der Waals surface area (Å²) in [7, 11) is 0. The lowest BCUT2D eigenvalue weighted by atomic mass is 10.1. The van der Waals surface area contributed by atoms with Gasteiger partial charge in [-0.2, -0.15) is 13.2 Å². The standard InChI is InChI=1S/C16H16F3NO/c1-11(2)14-8-13(16(17,18)19)15(9-20-14)21-10-12-6-4-3-5-7-12/h3-9,11H,10H2,1-2H3. The molecule has 0 radical (unpaired) electrons. The molecule has 0 spiro atoms. The minimum Gasteiger partial charge on any atom is -0.487 e. The lowest BCUT2D eigenvalue weighted by Gasteiger charge is -2.16. The van der Waals surface area contributed by atoms with Gasteiger partial charge in [0.1, 0.15) is 17.9 Å². The van der Waals surface area contributed by atoms with Crippen molar-refractivity contribution in [2.24, 2.45) is 0 Å². The molecule has 0 aliphatic rings. The van der Waals surface area contributed by atoms with Gasteiger partial charge in [0.05, 0.1) is 6.20 Å². The molecule has 1 aromatic carbocycles. The summed E-state index contributed by atoms with van der Waals surface area (Å²) in [5.41, 5.74) is 0.421. The van der Waals surface area contributed by atoms with E-state index in [4.69, 9.17) is 4.74 Å². The van der Waals surface area contributed by atoms with Gasteiger partial charge in [0.25, 0.3) is 0 Å². The van der Waals surface area contributed by atoms with Gasteiger partial charge in [-0.25, -0.2) is 0 Å². The molecule has 1 aromatic heterocycles. The van der Waals surface area contributed by atoms with Crippen LogP contribution in [0.1, 0.15) is 36.6 Å². The first kappa shape index (κ1) is 15.4. The SMILES string of the molecule is CC(C)c1cc(C(F)(F)F)c(OCc2ccccc2)cn1. The summed E-state index contributed by atoms with van der Waals surface area (Å²) in [6.07, 6.45) is -3.31. The maximum absolute atomic E-state index is 13.1. The van der Waals surface area contributed by atoms with Crippen molar-refractivity contribution >= 4 is 0 Å². The molecule has 0 amide bonds. The zero-order valence-electron chi connectivity index (χ0n) is 11.8. The van der Waals surface area contributed by atoms with Crippen molar-refractivity contribution in [2.75, 3.05) is 0 Å². The Hall–Kier alpha value is -2.04. The maximum atomic E-state index is 13.1. The molecule has 21 heavy (non-hydrogen) atoms. The van der Waals surface area contributed by atoms with Crippen LogP contribution in [-0.4, -0.2) is 4.98 Å². The van der Waals surface area contributed by atoms with Gasteiger partial charge in [0, 0.05) is 5.69 Å². The number of hydrogen-bond acceptors (Lipinski definition) is 2. The smallest absolute Gasteiger partial charge is 0.420 e. The zero-order valence-corrected chi connectivity index (χ0v) is 11.8. The van der Waals surface area contributed by atoms with Crippen LogP contribution in [-0.2, 0) is 12.8 Å². The number of rotatable bonds is 4. The van der Waals surface area contributed by atoms with Crippen LogP contribution >= 0.6 is 0 Å². The second kappa shape index (κ2) is 6.16. The van der Waals surface area contributed by atoms with Gasteiger partial charge in [-0.3, -0.25) is 4.98 Å². The van der Waals surface area contributed by atoms with Gasteiger partial charge in [0.15, 0.2) is 0 Å². The van der Waals surface area contributed by atoms with E-state index in [1.807, 2.05) is 18.2 Å². The lowest BCUT2D eigenvalue weighted by molar-refractivity contribution is -0.139. The highest BCUT2D eigenvalue weighted by Crippen LogP contribution is 2.37.